The highest BCUT2D eigenvalue weighted by molar-refractivity contribution is 5.85. The van der Waals surface area contributed by atoms with Crippen LogP contribution in [0.4, 0.5) is 11.8 Å². The summed E-state index contributed by atoms with van der Waals surface area (Å²) in [5, 5.41) is 6.41. The van der Waals surface area contributed by atoms with Gasteiger partial charge in [0.2, 0.25) is 17.8 Å². The van der Waals surface area contributed by atoms with Crippen molar-refractivity contribution in [3.63, 3.8) is 0 Å². The summed E-state index contributed by atoms with van der Waals surface area (Å²) in [6, 6.07) is -0.247. The van der Waals surface area contributed by atoms with E-state index in [0.29, 0.717) is 11.8 Å². The molecule has 4 atom stereocenters. The first kappa shape index (κ1) is 23.3. The Kier molecular flexibility index (Phi) is 7.73. The minimum atomic E-state index is -0.413. The predicted molar refractivity (Wildman–Crippen MR) is 123 cm³/mol. The lowest BCUT2D eigenvalue weighted by Gasteiger charge is -2.35. The molecule has 31 heavy (non-hydrogen) atoms. The van der Waals surface area contributed by atoms with Crippen molar-refractivity contribution >= 4 is 23.6 Å². The Morgan fingerprint density at radius 3 is 1.97 bits per heavy atom. The molecule has 2 saturated heterocycles. The molecule has 172 valence electrons. The third kappa shape index (κ3) is 5.66. The van der Waals surface area contributed by atoms with Gasteiger partial charge in [-0.3, -0.25) is 9.59 Å². The van der Waals surface area contributed by atoms with Crippen LogP contribution in [0.3, 0.4) is 0 Å². The summed E-state index contributed by atoms with van der Waals surface area (Å²) in [4.78, 5) is 38.7. The summed E-state index contributed by atoms with van der Waals surface area (Å²) in [6.07, 6.45) is 8.30. The molecule has 0 spiro atoms. The van der Waals surface area contributed by atoms with E-state index in [0.717, 1.165) is 44.3 Å². The summed E-state index contributed by atoms with van der Waals surface area (Å²) in [5.41, 5.74) is 0.862. The van der Waals surface area contributed by atoms with Gasteiger partial charge in [-0.25, -0.2) is 4.98 Å². The van der Waals surface area contributed by atoms with E-state index in [1.807, 2.05) is 30.6 Å². The van der Waals surface area contributed by atoms with Gasteiger partial charge in [0.05, 0.1) is 0 Å². The van der Waals surface area contributed by atoms with E-state index in [1.54, 1.807) is 6.20 Å². The third-order valence-corrected chi connectivity index (χ3v) is 6.58. The maximum absolute atomic E-state index is 12.9. The van der Waals surface area contributed by atoms with Crippen LogP contribution in [0.1, 0.15) is 71.8 Å². The molecule has 3 rings (SSSR count). The number of carbonyl (C=O) groups excluding carboxylic acids is 2. The minimum Gasteiger partial charge on any atom is -0.358 e. The van der Waals surface area contributed by atoms with Crippen molar-refractivity contribution in [2.75, 3.05) is 23.7 Å². The first-order chi connectivity index (χ1) is 14.8. The normalized spacial score (nSPS) is 23.8. The van der Waals surface area contributed by atoms with Gasteiger partial charge in [-0.15, -0.1) is 0 Å². The van der Waals surface area contributed by atoms with E-state index in [4.69, 9.17) is 0 Å². The van der Waals surface area contributed by atoms with Crippen molar-refractivity contribution in [1.29, 1.82) is 0 Å². The monoisotopic (exact) mass is 430 g/mol. The van der Waals surface area contributed by atoms with Crippen molar-refractivity contribution in [3.8, 4) is 0 Å². The van der Waals surface area contributed by atoms with Crippen LogP contribution in [-0.4, -0.2) is 68.8 Å². The summed E-state index contributed by atoms with van der Waals surface area (Å²) < 4.78 is 0. The second-order valence-corrected chi connectivity index (χ2v) is 9.21. The second-order valence-electron chi connectivity index (χ2n) is 9.21. The van der Waals surface area contributed by atoms with Gasteiger partial charge in [0.1, 0.15) is 17.9 Å². The number of aromatic nitrogens is 2. The summed E-state index contributed by atoms with van der Waals surface area (Å²) in [6.45, 7) is 11.5. The Labute approximate surface area is 186 Å². The fraction of sp³-hybridized carbons (Fsp3) is 0.739. The number of likely N-dealkylation sites (tertiary alicyclic amines) is 2. The first-order valence-corrected chi connectivity index (χ1v) is 11.8. The fourth-order valence-electron chi connectivity index (χ4n) is 4.53. The van der Waals surface area contributed by atoms with E-state index in [-0.39, 0.29) is 29.9 Å². The molecule has 2 amide bonds. The van der Waals surface area contributed by atoms with Crippen LogP contribution in [-0.2, 0) is 9.59 Å². The maximum atomic E-state index is 12.9. The molecular formula is C23H38N6O2. The molecule has 0 aliphatic carbocycles. The van der Waals surface area contributed by atoms with E-state index in [1.165, 1.54) is 12.8 Å². The van der Waals surface area contributed by atoms with Gasteiger partial charge < -0.3 is 20.4 Å². The number of nitrogens with one attached hydrogen (secondary N) is 2. The number of rotatable bonds is 6. The van der Waals surface area contributed by atoms with Gasteiger partial charge >= 0.3 is 0 Å². The number of amides is 2. The van der Waals surface area contributed by atoms with E-state index in [2.05, 4.69) is 34.4 Å². The Bertz CT molecular complexity index is 785. The molecule has 1 aromatic heterocycles. The molecule has 0 radical (unpaired) electrons. The lowest BCUT2D eigenvalue weighted by molar-refractivity contribution is -0.135. The molecule has 3 heterocycles. The topological polar surface area (TPSA) is 90.5 Å². The molecule has 2 fully saturated rings. The Hall–Kier alpha value is -2.38. The van der Waals surface area contributed by atoms with E-state index >= 15 is 0 Å². The molecule has 2 aliphatic rings. The van der Waals surface area contributed by atoms with Crippen molar-refractivity contribution in [2.45, 2.75) is 97.3 Å². The van der Waals surface area contributed by atoms with Gasteiger partial charge in [-0.1, -0.05) is 0 Å². The quantitative estimate of drug-likeness (QED) is 0.720. The predicted octanol–water partition coefficient (Wildman–Crippen LogP) is 3.19. The number of aryl methyl sites for hydroxylation is 1. The van der Waals surface area contributed by atoms with Gasteiger partial charge in [-0.2, -0.15) is 4.98 Å². The highest BCUT2D eigenvalue weighted by Crippen LogP contribution is 2.21. The highest BCUT2D eigenvalue weighted by atomic mass is 16.2. The first-order valence-electron chi connectivity index (χ1n) is 11.8. The maximum Gasteiger partial charge on any atom is 0.245 e. The summed E-state index contributed by atoms with van der Waals surface area (Å²) in [5.74, 6) is 1.19. The fourth-order valence-corrected chi connectivity index (χ4v) is 4.53. The molecule has 2 aliphatic heterocycles. The lowest BCUT2D eigenvalue weighted by atomic mass is 10.0. The molecule has 1 aromatic rings. The van der Waals surface area contributed by atoms with Crippen LogP contribution in [0.25, 0.3) is 0 Å². The summed E-state index contributed by atoms with van der Waals surface area (Å²) >= 11 is 0. The van der Waals surface area contributed by atoms with Gasteiger partial charge in [0, 0.05) is 36.9 Å². The molecule has 8 heteroatoms. The smallest absolute Gasteiger partial charge is 0.245 e. The third-order valence-electron chi connectivity index (χ3n) is 6.58. The zero-order valence-corrected chi connectivity index (χ0v) is 19.6. The van der Waals surface area contributed by atoms with Crippen LogP contribution in [0.15, 0.2) is 6.20 Å². The molecule has 0 saturated carbocycles. The number of carbonyl (C=O) groups is 2. The van der Waals surface area contributed by atoms with Gasteiger partial charge in [-0.05, 0) is 73.1 Å². The SMILES string of the molecule is Cc1cnc(NC(C)C(=O)N2CCCCC2C)nc1NC(C)C(=O)N1CCCCC1C. The average molecular weight is 431 g/mol. The van der Waals surface area contributed by atoms with Crippen molar-refractivity contribution in [3.05, 3.63) is 11.8 Å². The van der Waals surface area contributed by atoms with Crippen LogP contribution >= 0.6 is 0 Å². The van der Waals surface area contributed by atoms with E-state index < -0.39 is 6.04 Å². The summed E-state index contributed by atoms with van der Waals surface area (Å²) in [7, 11) is 0. The van der Waals surface area contributed by atoms with Crippen molar-refractivity contribution in [2.24, 2.45) is 0 Å². The number of hydrogen-bond acceptors (Lipinski definition) is 6. The van der Waals surface area contributed by atoms with E-state index in [9.17, 15) is 9.59 Å². The number of piperidine rings is 2. The molecule has 8 nitrogen and oxygen atoms in total. The zero-order chi connectivity index (χ0) is 22.5. The van der Waals surface area contributed by atoms with Crippen molar-refractivity contribution in [1.82, 2.24) is 19.8 Å². The number of anilines is 2. The molecule has 2 N–H and O–H groups in total. The standard InChI is InChI=1S/C23H38N6O2/c1-15-14-24-23(26-19(5)22(31)29-13-9-7-11-17(29)3)27-20(15)25-18(4)21(30)28-12-8-6-10-16(28)2/h14,16-19H,6-13H2,1-5H3,(H2,24,25,26,27). The number of nitrogens with zero attached hydrogens (tertiary/aromatic N) is 4. The second kappa shape index (κ2) is 10.3. The largest absolute Gasteiger partial charge is 0.358 e. The van der Waals surface area contributed by atoms with Gasteiger partial charge in [0.15, 0.2) is 0 Å². The molecule has 4 unspecified atom stereocenters. The molecular weight excluding hydrogens is 392 g/mol. The molecule has 0 aromatic carbocycles. The lowest BCUT2D eigenvalue weighted by Crippen LogP contribution is -2.48. The Balaban J connectivity index is 1.64. The Morgan fingerprint density at radius 2 is 1.45 bits per heavy atom. The number of hydrogen-bond donors (Lipinski definition) is 2. The average Bonchev–Trinajstić information content (AvgIpc) is 2.75. The van der Waals surface area contributed by atoms with Crippen LogP contribution < -0.4 is 10.6 Å². The van der Waals surface area contributed by atoms with Crippen molar-refractivity contribution < 1.29 is 9.59 Å². The van der Waals surface area contributed by atoms with Crippen LogP contribution in [0, 0.1) is 6.92 Å². The Morgan fingerprint density at radius 1 is 0.935 bits per heavy atom. The highest BCUT2D eigenvalue weighted by Gasteiger charge is 2.29. The molecule has 0 bridgehead atoms. The van der Waals surface area contributed by atoms with Gasteiger partial charge in [0.25, 0.3) is 0 Å². The van der Waals surface area contributed by atoms with Crippen LogP contribution in [0.2, 0.25) is 0 Å². The zero-order valence-electron chi connectivity index (χ0n) is 19.6. The van der Waals surface area contributed by atoms with Crippen LogP contribution in [0.5, 0.6) is 0 Å². The minimum absolute atomic E-state index is 0.0773.